The molecule has 1 aromatic heterocycles. The van der Waals surface area contributed by atoms with E-state index in [2.05, 4.69) is 16.9 Å². The number of anilines is 1. The Morgan fingerprint density at radius 3 is 2.74 bits per heavy atom. The molecule has 0 saturated carbocycles. The summed E-state index contributed by atoms with van der Waals surface area (Å²) in [5.41, 5.74) is 11.1. The van der Waals surface area contributed by atoms with Crippen molar-refractivity contribution < 1.29 is 9.59 Å². The van der Waals surface area contributed by atoms with Crippen molar-refractivity contribution in [1.82, 2.24) is 9.88 Å². The molecular weight excluding hydrogens is 476 g/mol. The molecule has 0 radical (unpaired) electrons. The highest BCUT2D eigenvalue weighted by Gasteiger charge is 2.27. The SMILES string of the molecule is C=CC(=CN)C(C)=NC(=CC(C)=NCc1cccnc1)C1CCCN(C(=O)c2cccc(NC(C)=O)c2)C1. The van der Waals surface area contributed by atoms with Gasteiger partial charge in [-0.15, -0.1) is 0 Å². The van der Waals surface area contributed by atoms with Crippen LogP contribution < -0.4 is 11.1 Å². The minimum atomic E-state index is -0.179. The molecule has 0 spiro atoms. The number of pyridine rings is 1. The quantitative estimate of drug-likeness (QED) is 0.366. The fourth-order valence-corrected chi connectivity index (χ4v) is 4.32. The van der Waals surface area contributed by atoms with Crippen LogP contribution in [0.3, 0.4) is 0 Å². The maximum absolute atomic E-state index is 13.4. The number of likely N-dealkylation sites (tertiary alicyclic amines) is 1. The van der Waals surface area contributed by atoms with Crippen molar-refractivity contribution in [1.29, 1.82) is 0 Å². The number of hydrogen-bond donors (Lipinski definition) is 2. The van der Waals surface area contributed by atoms with Gasteiger partial charge in [0.15, 0.2) is 0 Å². The summed E-state index contributed by atoms with van der Waals surface area (Å²) in [4.78, 5) is 40.5. The van der Waals surface area contributed by atoms with Gasteiger partial charge in [0.05, 0.1) is 6.54 Å². The number of amides is 2. The van der Waals surface area contributed by atoms with E-state index in [0.717, 1.165) is 41.1 Å². The standard InChI is InChI=1S/C30H36N6O2/c1-5-25(17-31)22(3)34-29(15-21(2)33-19-24-9-7-13-32-18-24)27-11-8-14-36(20-27)30(38)26-10-6-12-28(16-26)35-23(4)37/h5-7,9-10,12-13,15-18,27H,1,8,11,14,19-20,31H2,2-4H3,(H,35,37). The monoisotopic (exact) mass is 512 g/mol. The molecule has 0 aliphatic carbocycles. The topological polar surface area (TPSA) is 113 Å². The second kappa shape index (κ2) is 13.8. The minimum absolute atomic E-state index is 0.0218. The number of allylic oxidation sites excluding steroid dienone is 3. The van der Waals surface area contributed by atoms with Crippen LogP contribution in [0.2, 0.25) is 0 Å². The molecule has 0 bridgehead atoms. The first-order chi connectivity index (χ1) is 18.3. The highest BCUT2D eigenvalue weighted by molar-refractivity contribution is 6.02. The van der Waals surface area contributed by atoms with E-state index >= 15 is 0 Å². The van der Waals surface area contributed by atoms with Crippen molar-refractivity contribution in [2.75, 3.05) is 18.4 Å². The number of aromatic nitrogens is 1. The van der Waals surface area contributed by atoms with E-state index in [9.17, 15) is 9.59 Å². The van der Waals surface area contributed by atoms with Crippen LogP contribution in [0.1, 0.15) is 49.5 Å². The summed E-state index contributed by atoms with van der Waals surface area (Å²) < 4.78 is 0. The van der Waals surface area contributed by atoms with Crippen molar-refractivity contribution in [3.8, 4) is 0 Å². The number of hydrogen-bond acceptors (Lipinski definition) is 6. The summed E-state index contributed by atoms with van der Waals surface area (Å²) in [5, 5.41) is 2.74. The second-order valence-electron chi connectivity index (χ2n) is 9.26. The van der Waals surface area contributed by atoms with E-state index < -0.39 is 0 Å². The van der Waals surface area contributed by atoms with Crippen LogP contribution in [0.4, 0.5) is 5.69 Å². The average Bonchev–Trinajstić information content (AvgIpc) is 2.92. The maximum Gasteiger partial charge on any atom is 0.253 e. The molecule has 198 valence electrons. The van der Waals surface area contributed by atoms with Gasteiger partial charge in [-0.1, -0.05) is 24.8 Å². The van der Waals surface area contributed by atoms with E-state index in [1.807, 2.05) is 37.0 Å². The second-order valence-corrected chi connectivity index (χ2v) is 9.26. The van der Waals surface area contributed by atoms with Crippen molar-refractivity contribution in [3.05, 3.63) is 96.1 Å². The molecule has 1 aliphatic heterocycles. The molecule has 1 aliphatic rings. The number of carbonyl (C=O) groups excluding carboxylic acids is 2. The number of benzene rings is 1. The third kappa shape index (κ3) is 8.09. The van der Waals surface area contributed by atoms with Crippen molar-refractivity contribution in [3.63, 3.8) is 0 Å². The lowest BCUT2D eigenvalue weighted by atomic mass is 9.93. The summed E-state index contributed by atoms with van der Waals surface area (Å²) in [6.07, 6.45) is 10.4. The van der Waals surface area contributed by atoms with Crippen LogP contribution in [-0.2, 0) is 11.3 Å². The molecule has 1 atom stereocenters. The minimum Gasteiger partial charge on any atom is -0.404 e. The predicted octanol–water partition coefficient (Wildman–Crippen LogP) is 4.93. The maximum atomic E-state index is 13.4. The zero-order valence-electron chi connectivity index (χ0n) is 22.4. The fraction of sp³-hybridized carbons (Fsp3) is 0.300. The van der Waals surface area contributed by atoms with Gasteiger partial charge in [0, 0.05) is 78.5 Å². The molecule has 8 heteroatoms. The van der Waals surface area contributed by atoms with Gasteiger partial charge in [-0.2, -0.15) is 0 Å². The molecule has 1 fully saturated rings. The lowest BCUT2D eigenvalue weighted by Gasteiger charge is -2.33. The Morgan fingerprint density at radius 2 is 2.05 bits per heavy atom. The van der Waals surface area contributed by atoms with Crippen molar-refractivity contribution in [2.45, 2.75) is 40.2 Å². The normalized spacial score (nSPS) is 17.2. The lowest BCUT2D eigenvalue weighted by Crippen LogP contribution is -2.40. The van der Waals surface area contributed by atoms with E-state index in [0.29, 0.717) is 30.9 Å². The molecule has 2 aromatic rings. The zero-order chi connectivity index (χ0) is 27.5. The molecule has 1 aromatic carbocycles. The Morgan fingerprint density at radius 1 is 1.24 bits per heavy atom. The molecule has 1 saturated heterocycles. The zero-order valence-corrected chi connectivity index (χ0v) is 22.4. The Balaban J connectivity index is 1.87. The van der Waals surface area contributed by atoms with Gasteiger partial charge >= 0.3 is 0 Å². The van der Waals surface area contributed by atoms with Crippen LogP contribution >= 0.6 is 0 Å². The summed E-state index contributed by atoms with van der Waals surface area (Å²) in [7, 11) is 0. The van der Waals surface area contributed by atoms with Gasteiger partial charge in [-0.3, -0.25) is 24.6 Å². The molecule has 2 heterocycles. The molecule has 1 unspecified atom stereocenters. The highest BCUT2D eigenvalue weighted by atomic mass is 16.2. The fourth-order valence-electron chi connectivity index (χ4n) is 4.32. The Hall–Kier alpha value is -4.33. The molecule has 3 rings (SSSR count). The van der Waals surface area contributed by atoms with Crippen molar-refractivity contribution >= 4 is 28.9 Å². The molecule has 38 heavy (non-hydrogen) atoms. The first-order valence-electron chi connectivity index (χ1n) is 12.7. The number of nitrogens with one attached hydrogen (secondary N) is 1. The van der Waals surface area contributed by atoms with Crippen LogP contribution in [0.25, 0.3) is 0 Å². The van der Waals surface area contributed by atoms with Crippen LogP contribution in [0, 0.1) is 5.92 Å². The lowest BCUT2D eigenvalue weighted by molar-refractivity contribution is -0.114. The Kier molecular flexibility index (Phi) is 10.3. The van der Waals surface area contributed by atoms with E-state index in [-0.39, 0.29) is 17.7 Å². The van der Waals surface area contributed by atoms with Crippen LogP contribution in [0.15, 0.2) is 95.0 Å². The Bertz CT molecular complexity index is 1280. The predicted molar refractivity (Wildman–Crippen MR) is 154 cm³/mol. The number of piperidine rings is 1. The van der Waals surface area contributed by atoms with Crippen molar-refractivity contribution in [2.24, 2.45) is 21.6 Å². The number of nitrogens with zero attached hydrogens (tertiary/aromatic N) is 4. The van der Waals surface area contributed by atoms with Crippen LogP contribution in [-0.4, -0.2) is 46.2 Å². The Labute approximate surface area is 224 Å². The third-order valence-corrected chi connectivity index (χ3v) is 6.26. The first kappa shape index (κ1) is 28.2. The number of carbonyl (C=O) groups is 2. The summed E-state index contributed by atoms with van der Waals surface area (Å²) in [5.74, 6) is -0.229. The number of rotatable bonds is 9. The van der Waals surface area contributed by atoms with Gasteiger partial charge in [0.2, 0.25) is 5.91 Å². The number of aliphatic imine (C=N–C) groups is 2. The summed E-state index contributed by atoms with van der Waals surface area (Å²) in [6, 6.07) is 10.9. The first-order valence-corrected chi connectivity index (χ1v) is 12.7. The van der Waals surface area contributed by atoms with E-state index in [1.54, 1.807) is 42.7 Å². The highest BCUT2D eigenvalue weighted by Crippen LogP contribution is 2.27. The molecule has 3 N–H and O–H groups in total. The van der Waals surface area contributed by atoms with Gasteiger partial charge in [-0.25, -0.2) is 0 Å². The third-order valence-electron chi connectivity index (χ3n) is 6.26. The summed E-state index contributed by atoms with van der Waals surface area (Å²) >= 11 is 0. The van der Waals surface area contributed by atoms with E-state index in [4.69, 9.17) is 15.7 Å². The molecule has 8 nitrogen and oxygen atoms in total. The van der Waals surface area contributed by atoms with Gasteiger partial charge in [-0.05, 0) is 62.6 Å². The summed E-state index contributed by atoms with van der Waals surface area (Å²) in [6.45, 7) is 10.8. The van der Waals surface area contributed by atoms with Gasteiger partial charge < -0.3 is 16.0 Å². The molecule has 2 amide bonds. The van der Waals surface area contributed by atoms with E-state index in [1.165, 1.54) is 13.1 Å². The molecular formula is C30H36N6O2. The van der Waals surface area contributed by atoms with Gasteiger partial charge in [0.1, 0.15) is 0 Å². The largest absolute Gasteiger partial charge is 0.404 e. The smallest absolute Gasteiger partial charge is 0.253 e. The average molecular weight is 513 g/mol. The number of nitrogens with two attached hydrogens (primary N) is 1. The van der Waals surface area contributed by atoms with Crippen LogP contribution in [0.5, 0.6) is 0 Å². The van der Waals surface area contributed by atoms with Gasteiger partial charge in [0.25, 0.3) is 5.91 Å².